The van der Waals surface area contributed by atoms with Gasteiger partial charge in [-0.2, -0.15) is 0 Å². The van der Waals surface area contributed by atoms with Gasteiger partial charge in [-0.05, 0) is 79.8 Å². The third kappa shape index (κ3) is 7.81. The third-order valence-corrected chi connectivity index (χ3v) is 5.63. The Bertz CT molecular complexity index is 1000. The zero-order valence-electron chi connectivity index (χ0n) is 19.4. The summed E-state index contributed by atoms with van der Waals surface area (Å²) in [5, 5.41) is 6.03. The molecule has 0 saturated carbocycles. The largest absolute Gasteiger partial charge is 0.494 e. The fraction of sp³-hybridized carbons (Fsp3) is 0.321. The quantitative estimate of drug-likeness (QED) is 0.359. The maximum absolute atomic E-state index is 12.3. The van der Waals surface area contributed by atoms with Crippen LogP contribution in [0.15, 0.2) is 78.9 Å². The van der Waals surface area contributed by atoms with Gasteiger partial charge in [0.2, 0.25) is 5.91 Å². The lowest BCUT2D eigenvalue weighted by Gasteiger charge is -2.12. The molecule has 3 aromatic rings. The Balaban J connectivity index is 1.12. The van der Waals surface area contributed by atoms with Crippen molar-refractivity contribution in [3.05, 3.63) is 84.4 Å². The molecule has 3 aromatic carbocycles. The minimum atomic E-state index is -0.116. The van der Waals surface area contributed by atoms with Crippen molar-refractivity contribution in [3.63, 3.8) is 0 Å². The number of aryl methyl sites for hydroxylation is 1. The molecule has 0 bridgehead atoms. The summed E-state index contributed by atoms with van der Waals surface area (Å²) in [5.41, 5.74) is 2.92. The molecule has 0 spiro atoms. The van der Waals surface area contributed by atoms with Crippen molar-refractivity contribution in [1.29, 1.82) is 0 Å². The van der Waals surface area contributed by atoms with Crippen LogP contribution in [0, 0.1) is 0 Å². The summed E-state index contributed by atoms with van der Waals surface area (Å²) in [4.78, 5) is 12.3. The average Bonchev–Trinajstić information content (AvgIpc) is 3.40. The number of carbonyl (C=O) groups is 1. The van der Waals surface area contributed by atoms with E-state index in [0.29, 0.717) is 13.2 Å². The Labute approximate surface area is 201 Å². The Morgan fingerprint density at radius 2 is 1.59 bits per heavy atom. The number of hydrogen-bond donors (Lipinski definition) is 2. The lowest BCUT2D eigenvalue weighted by molar-refractivity contribution is -0.114. The van der Waals surface area contributed by atoms with Crippen LogP contribution >= 0.6 is 0 Å². The topological polar surface area (TPSA) is 68.8 Å². The number of ether oxygens (including phenoxy) is 3. The van der Waals surface area contributed by atoms with E-state index in [0.717, 1.165) is 55.2 Å². The summed E-state index contributed by atoms with van der Waals surface area (Å²) in [6, 6.07) is 25.5. The van der Waals surface area contributed by atoms with Crippen LogP contribution in [0.3, 0.4) is 0 Å². The first kappa shape index (κ1) is 23.6. The van der Waals surface area contributed by atoms with Crippen molar-refractivity contribution in [3.8, 4) is 11.5 Å². The number of benzene rings is 3. The van der Waals surface area contributed by atoms with E-state index in [1.165, 1.54) is 5.56 Å². The van der Waals surface area contributed by atoms with E-state index < -0.39 is 0 Å². The van der Waals surface area contributed by atoms with E-state index in [-0.39, 0.29) is 18.6 Å². The first-order valence-electron chi connectivity index (χ1n) is 11.9. The van der Waals surface area contributed by atoms with Crippen LogP contribution in [0.25, 0.3) is 0 Å². The smallest absolute Gasteiger partial charge is 0.243 e. The number of carbonyl (C=O) groups excluding carboxylic acids is 1. The van der Waals surface area contributed by atoms with Crippen molar-refractivity contribution >= 4 is 17.3 Å². The number of amides is 1. The van der Waals surface area contributed by atoms with Gasteiger partial charge in [0.05, 0.1) is 19.3 Å². The number of anilines is 2. The molecule has 2 N–H and O–H groups in total. The van der Waals surface area contributed by atoms with Gasteiger partial charge in [0.1, 0.15) is 18.1 Å². The van der Waals surface area contributed by atoms with Crippen LogP contribution < -0.4 is 20.1 Å². The van der Waals surface area contributed by atoms with Crippen LogP contribution in [-0.4, -0.2) is 38.4 Å². The van der Waals surface area contributed by atoms with E-state index in [1.807, 2.05) is 54.6 Å². The highest BCUT2D eigenvalue weighted by Crippen LogP contribution is 2.19. The van der Waals surface area contributed by atoms with Gasteiger partial charge in [0, 0.05) is 18.0 Å². The molecule has 34 heavy (non-hydrogen) atoms. The predicted molar refractivity (Wildman–Crippen MR) is 135 cm³/mol. The third-order valence-electron chi connectivity index (χ3n) is 5.63. The number of rotatable bonds is 12. The lowest BCUT2D eigenvalue weighted by Crippen LogP contribution is -2.21. The summed E-state index contributed by atoms with van der Waals surface area (Å²) < 4.78 is 17.1. The normalized spacial score (nSPS) is 15.0. The van der Waals surface area contributed by atoms with Gasteiger partial charge >= 0.3 is 0 Å². The van der Waals surface area contributed by atoms with Crippen molar-refractivity contribution in [2.24, 2.45) is 0 Å². The molecule has 0 aromatic heterocycles. The Morgan fingerprint density at radius 1 is 0.882 bits per heavy atom. The summed E-state index contributed by atoms with van der Waals surface area (Å²) in [6.07, 6.45) is 4.30. The van der Waals surface area contributed by atoms with Gasteiger partial charge in [0.25, 0.3) is 0 Å². The zero-order valence-corrected chi connectivity index (χ0v) is 19.4. The molecule has 1 aliphatic rings. The molecule has 0 radical (unpaired) electrons. The van der Waals surface area contributed by atoms with Gasteiger partial charge in [0.15, 0.2) is 0 Å². The van der Waals surface area contributed by atoms with Crippen LogP contribution in [0.4, 0.5) is 11.4 Å². The molecule has 1 aliphatic heterocycles. The van der Waals surface area contributed by atoms with E-state index in [9.17, 15) is 4.79 Å². The van der Waals surface area contributed by atoms with Crippen LogP contribution in [0.1, 0.15) is 24.8 Å². The van der Waals surface area contributed by atoms with Crippen LogP contribution in [0.2, 0.25) is 0 Å². The Morgan fingerprint density at radius 3 is 2.29 bits per heavy atom. The minimum Gasteiger partial charge on any atom is -0.494 e. The molecular formula is C28H32N2O4. The maximum Gasteiger partial charge on any atom is 0.243 e. The molecule has 1 saturated heterocycles. The van der Waals surface area contributed by atoms with Gasteiger partial charge in [-0.1, -0.05) is 30.3 Å². The van der Waals surface area contributed by atoms with E-state index in [1.54, 1.807) is 0 Å². The predicted octanol–water partition coefficient (Wildman–Crippen LogP) is 5.31. The molecule has 4 rings (SSSR count). The molecule has 1 fully saturated rings. The van der Waals surface area contributed by atoms with E-state index in [4.69, 9.17) is 14.2 Å². The van der Waals surface area contributed by atoms with Crippen molar-refractivity contribution in [2.75, 3.05) is 37.0 Å². The standard InChI is InChI=1S/C28H32N2O4/c31-28(30-24-12-16-26(17-13-24)34-21-27-9-5-19-33-27)20-29-23-10-14-25(15-11-23)32-18-4-8-22-6-2-1-3-7-22/h1-3,6-7,10-17,27,29H,4-5,8-9,18-21H2,(H,30,31). The van der Waals surface area contributed by atoms with Crippen molar-refractivity contribution in [2.45, 2.75) is 31.8 Å². The monoisotopic (exact) mass is 460 g/mol. The van der Waals surface area contributed by atoms with Gasteiger partial charge in [-0.15, -0.1) is 0 Å². The minimum absolute atomic E-state index is 0.116. The molecule has 178 valence electrons. The molecule has 1 unspecified atom stereocenters. The second-order valence-corrected chi connectivity index (χ2v) is 8.33. The number of nitrogens with one attached hydrogen (secondary N) is 2. The highest BCUT2D eigenvalue weighted by atomic mass is 16.5. The summed E-state index contributed by atoms with van der Waals surface area (Å²) in [7, 11) is 0. The first-order valence-corrected chi connectivity index (χ1v) is 11.9. The second kappa shape index (κ2) is 12.7. The Kier molecular flexibility index (Phi) is 8.80. The average molecular weight is 461 g/mol. The first-order chi connectivity index (χ1) is 16.7. The van der Waals surface area contributed by atoms with Crippen LogP contribution in [0.5, 0.6) is 11.5 Å². The van der Waals surface area contributed by atoms with Crippen LogP contribution in [-0.2, 0) is 16.0 Å². The van der Waals surface area contributed by atoms with Crippen molar-refractivity contribution < 1.29 is 19.0 Å². The molecule has 1 heterocycles. The molecule has 1 atom stereocenters. The summed E-state index contributed by atoms with van der Waals surface area (Å²) in [6.45, 7) is 2.23. The maximum atomic E-state index is 12.3. The van der Waals surface area contributed by atoms with E-state index >= 15 is 0 Å². The SMILES string of the molecule is O=C(CNc1ccc(OCCCc2ccccc2)cc1)Nc1ccc(OCC2CCCO2)cc1. The van der Waals surface area contributed by atoms with Gasteiger partial charge in [-0.3, -0.25) is 4.79 Å². The molecule has 1 amide bonds. The molecule has 6 nitrogen and oxygen atoms in total. The molecular weight excluding hydrogens is 428 g/mol. The fourth-order valence-corrected chi connectivity index (χ4v) is 3.77. The fourth-order valence-electron chi connectivity index (χ4n) is 3.77. The van der Waals surface area contributed by atoms with E-state index in [2.05, 4.69) is 34.9 Å². The summed E-state index contributed by atoms with van der Waals surface area (Å²) in [5.74, 6) is 1.48. The van der Waals surface area contributed by atoms with Gasteiger partial charge in [-0.25, -0.2) is 0 Å². The Hall–Kier alpha value is -3.51. The molecule has 6 heteroatoms. The highest BCUT2D eigenvalue weighted by Gasteiger charge is 2.15. The van der Waals surface area contributed by atoms with Gasteiger partial charge < -0.3 is 24.8 Å². The molecule has 0 aliphatic carbocycles. The highest BCUT2D eigenvalue weighted by molar-refractivity contribution is 5.93. The van der Waals surface area contributed by atoms with Crippen molar-refractivity contribution in [1.82, 2.24) is 0 Å². The summed E-state index contributed by atoms with van der Waals surface area (Å²) >= 11 is 0. The second-order valence-electron chi connectivity index (χ2n) is 8.33. The lowest BCUT2D eigenvalue weighted by atomic mass is 10.1. The number of hydrogen-bond acceptors (Lipinski definition) is 5. The zero-order chi connectivity index (χ0) is 23.4.